The molecule has 0 bridgehead atoms. The molecule has 2 heterocycles. The third-order valence-corrected chi connectivity index (χ3v) is 7.72. The Morgan fingerprint density at radius 2 is 1.56 bits per heavy atom. The lowest BCUT2D eigenvalue weighted by molar-refractivity contribution is 0.213. The van der Waals surface area contributed by atoms with Crippen molar-refractivity contribution in [3.63, 3.8) is 0 Å². The standard InChI is InChI=1S/C37H30F2N4O7/c1-47-32-20-27-29(21-33(32)48-2)40-17-16-30(27)49-31-15-12-25(19-28(31)39)41-36(45)50-34-22-42(18-6-9-23-7-4-3-5-8-23)37(46)43(35(34)44)26-13-10-24(38)11-14-26/h3-5,7-8,10-17,19-22H,6,9,18H2,1-2H3,(H,41,45). The van der Waals surface area contributed by atoms with Crippen LogP contribution in [0.25, 0.3) is 16.6 Å². The van der Waals surface area contributed by atoms with E-state index in [9.17, 15) is 18.8 Å². The predicted octanol–water partition coefficient (Wildman–Crippen LogP) is 6.88. The van der Waals surface area contributed by atoms with Crippen molar-refractivity contribution in [2.24, 2.45) is 0 Å². The first-order chi connectivity index (χ1) is 24.2. The molecule has 1 N–H and O–H groups in total. The highest BCUT2D eigenvalue weighted by atomic mass is 19.1. The largest absolute Gasteiger partial charge is 0.493 e. The number of hydrogen-bond donors (Lipinski definition) is 1. The number of aryl methyl sites for hydroxylation is 2. The first-order valence-electron chi connectivity index (χ1n) is 15.4. The third-order valence-electron chi connectivity index (χ3n) is 7.72. The van der Waals surface area contributed by atoms with Gasteiger partial charge < -0.3 is 18.9 Å². The van der Waals surface area contributed by atoms with Gasteiger partial charge in [0.2, 0.25) is 5.75 Å². The number of anilines is 1. The third kappa shape index (κ3) is 7.31. The van der Waals surface area contributed by atoms with Gasteiger partial charge in [-0.25, -0.2) is 22.9 Å². The monoisotopic (exact) mass is 680 g/mol. The number of carbonyl (C=O) groups is 1. The van der Waals surface area contributed by atoms with Gasteiger partial charge in [0.05, 0.1) is 31.6 Å². The highest BCUT2D eigenvalue weighted by Crippen LogP contribution is 2.37. The van der Waals surface area contributed by atoms with Crippen LogP contribution in [0.3, 0.4) is 0 Å². The highest BCUT2D eigenvalue weighted by molar-refractivity contribution is 5.88. The maximum absolute atomic E-state index is 15.3. The number of carbonyl (C=O) groups excluding carboxylic acids is 1. The number of halogens is 2. The summed E-state index contributed by atoms with van der Waals surface area (Å²) >= 11 is 0. The van der Waals surface area contributed by atoms with Gasteiger partial charge >= 0.3 is 17.3 Å². The summed E-state index contributed by atoms with van der Waals surface area (Å²) < 4.78 is 52.9. The zero-order chi connectivity index (χ0) is 35.2. The molecule has 13 heteroatoms. The molecule has 0 fully saturated rings. The number of amides is 1. The smallest absolute Gasteiger partial charge is 0.417 e. The quantitative estimate of drug-likeness (QED) is 0.157. The molecule has 0 aliphatic rings. The van der Waals surface area contributed by atoms with E-state index in [0.717, 1.165) is 34.5 Å². The van der Waals surface area contributed by atoms with Crippen molar-refractivity contribution >= 4 is 22.7 Å². The van der Waals surface area contributed by atoms with E-state index >= 15 is 4.39 Å². The summed E-state index contributed by atoms with van der Waals surface area (Å²) in [7, 11) is 2.99. The minimum Gasteiger partial charge on any atom is -0.493 e. The van der Waals surface area contributed by atoms with Crippen molar-refractivity contribution in [3.8, 4) is 34.4 Å². The van der Waals surface area contributed by atoms with E-state index in [1.54, 1.807) is 18.2 Å². The van der Waals surface area contributed by atoms with Crippen LogP contribution in [-0.2, 0) is 13.0 Å². The van der Waals surface area contributed by atoms with Gasteiger partial charge in [0, 0.05) is 35.9 Å². The Morgan fingerprint density at radius 1 is 0.820 bits per heavy atom. The molecule has 0 atom stereocenters. The molecule has 254 valence electrons. The van der Waals surface area contributed by atoms with Gasteiger partial charge in [-0.2, -0.15) is 0 Å². The molecular formula is C37H30F2N4O7. The molecule has 6 aromatic rings. The highest BCUT2D eigenvalue weighted by Gasteiger charge is 2.19. The van der Waals surface area contributed by atoms with Crippen molar-refractivity contribution in [2.75, 3.05) is 19.5 Å². The molecule has 0 radical (unpaired) electrons. The number of nitrogens with zero attached hydrogens (tertiary/aromatic N) is 3. The van der Waals surface area contributed by atoms with Gasteiger partial charge in [-0.15, -0.1) is 0 Å². The summed E-state index contributed by atoms with van der Waals surface area (Å²) in [6, 6.07) is 23.0. The molecule has 6 rings (SSSR count). The Kier molecular flexibility index (Phi) is 9.84. The summed E-state index contributed by atoms with van der Waals surface area (Å²) in [6.07, 6.45) is 2.71. The first kappa shape index (κ1) is 33.4. The van der Waals surface area contributed by atoms with Crippen LogP contribution < -0.4 is 35.5 Å². The number of hydrogen-bond acceptors (Lipinski definition) is 8. The van der Waals surface area contributed by atoms with E-state index in [1.165, 1.54) is 49.2 Å². The fraction of sp³-hybridized carbons (Fsp3) is 0.135. The van der Waals surface area contributed by atoms with E-state index in [0.29, 0.717) is 41.0 Å². The molecule has 0 saturated carbocycles. The molecule has 2 aromatic heterocycles. The van der Waals surface area contributed by atoms with Crippen LogP contribution in [0.5, 0.6) is 28.7 Å². The number of rotatable bonds is 11. The molecule has 50 heavy (non-hydrogen) atoms. The van der Waals surface area contributed by atoms with E-state index < -0.39 is 34.7 Å². The van der Waals surface area contributed by atoms with Crippen LogP contribution >= 0.6 is 0 Å². The first-order valence-corrected chi connectivity index (χ1v) is 15.4. The van der Waals surface area contributed by atoms with Gasteiger partial charge in [0.15, 0.2) is 23.1 Å². The second-order valence-electron chi connectivity index (χ2n) is 11.0. The number of pyridine rings is 1. The maximum atomic E-state index is 15.3. The Bertz CT molecular complexity index is 2290. The van der Waals surface area contributed by atoms with E-state index in [1.807, 2.05) is 30.3 Å². The zero-order valence-corrected chi connectivity index (χ0v) is 26.9. The molecule has 0 unspecified atom stereocenters. The van der Waals surface area contributed by atoms with Gasteiger partial charge in [-0.1, -0.05) is 30.3 Å². The number of methoxy groups -OCH3 is 2. The van der Waals surface area contributed by atoms with Crippen LogP contribution in [0.4, 0.5) is 19.3 Å². The lowest BCUT2D eigenvalue weighted by Gasteiger charge is -2.14. The number of benzene rings is 4. The molecule has 1 amide bonds. The SMILES string of the molecule is COc1cc2nccc(Oc3ccc(NC(=O)Oc4cn(CCCc5ccccc5)c(=O)n(-c5ccc(F)cc5)c4=O)cc3F)c2cc1OC. The van der Waals surface area contributed by atoms with Gasteiger partial charge in [-0.05, 0) is 66.9 Å². The topological polar surface area (TPSA) is 123 Å². The molecule has 0 saturated heterocycles. The minimum atomic E-state index is -1.11. The summed E-state index contributed by atoms with van der Waals surface area (Å²) in [5, 5.41) is 2.93. The van der Waals surface area contributed by atoms with Gasteiger partial charge in [0.25, 0.3) is 0 Å². The second-order valence-corrected chi connectivity index (χ2v) is 11.0. The van der Waals surface area contributed by atoms with Crippen LogP contribution in [0.1, 0.15) is 12.0 Å². The average molecular weight is 681 g/mol. The molecule has 0 spiro atoms. The van der Waals surface area contributed by atoms with Crippen molar-refractivity contribution in [2.45, 2.75) is 19.4 Å². The van der Waals surface area contributed by atoms with Crippen LogP contribution in [0.2, 0.25) is 0 Å². The van der Waals surface area contributed by atoms with Crippen molar-refractivity contribution < 1.29 is 32.5 Å². The lowest BCUT2D eigenvalue weighted by Crippen LogP contribution is -2.39. The minimum absolute atomic E-state index is 0.000819. The zero-order valence-electron chi connectivity index (χ0n) is 26.9. The van der Waals surface area contributed by atoms with Gasteiger partial charge in [-0.3, -0.25) is 19.7 Å². The fourth-order valence-electron chi connectivity index (χ4n) is 5.28. The Morgan fingerprint density at radius 3 is 2.28 bits per heavy atom. The summed E-state index contributed by atoms with van der Waals surface area (Å²) in [6.45, 7) is 0.187. The van der Waals surface area contributed by atoms with Crippen LogP contribution in [-0.4, -0.2) is 34.4 Å². The van der Waals surface area contributed by atoms with E-state index in [4.69, 9.17) is 18.9 Å². The Balaban J connectivity index is 1.22. The molecule has 0 aliphatic heterocycles. The van der Waals surface area contributed by atoms with Crippen molar-refractivity contribution in [1.29, 1.82) is 0 Å². The molecular weight excluding hydrogens is 650 g/mol. The van der Waals surface area contributed by atoms with E-state index in [2.05, 4.69) is 10.3 Å². The molecule has 4 aromatic carbocycles. The number of fused-ring (bicyclic) bond motifs is 1. The van der Waals surface area contributed by atoms with E-state index in [-0.39, 0.29) is 23.7 Å². The van der Waals surface area contributed by atoms with Crippen molar-refractivity contribution in [1.82, 2.24) is 14.1 Å². The average Bonchev–Trinajstić information content (AvgIpc) is 3.12. The fourth-order valence-corrected chi connectivity index (χ4v) is 5.28. The second kappa shape index (κ2) is 14.7. The number of nitrogens with one attached hydrogen (secondary N) is 1. The normalized spacial score (nSPS) is 10.9. The van der Waals surface area contributed by atoms with Crippen LogP contribution in [0.15, 0.2) is 113 Å². The van der Waals surface area contributed by atoms with Crippen LogP contribution in [0, 0.1) is 11.6 Å². The predicted molar refractivity (Wildman–Crippen MR) is 182 cm³/mol. The summed E-state index contributed by atoms with van der Waals surface area (Å²) in [4.78, 5) is 44.1. The van der Waals surface area contributed by atoms with Gasteiger partial charge in [0.1, 0.15) is 11.6 Å². The van der Waals surface area contributed by atoms with Crippen molar-refractivity contribution in [3.05, 3.63) is 141 Å². The maximum Gasteiger partial charge on any atom is 0.417 e. The Hall–Kier alpha value is -6.50. The summed E-state index contributed by atoms with van der Waals surface area (Å²) in [5.41, 5.74) is 0.0381. The number of aromatic nitrogens is 3. The number of ether oxygens (including phenoxy) is 4. The Labute approximate surface area is 283 Å². The molecule has 11 nitrogen and oxygen atoms in total. The molecule has 0 aliphatic carbocycles. The lowest BCUT2D eigenvalue weighted by atomic mass is 10.1. The summed E-state index contributed by atoms with van der Waals surface area (Å²) in [5.74, 6) is -0.780.